The molecule has 0 fully saturated rings. The van der Waals surface area contributed by atoms with Crippen LogP contribution in [0.2, 0.25) is 5.02 Å². The van der Waals surface area contributed by atoms with Crippen molar-refractivity contribution in [3.8, 4) is 0 Å². The number of aryl methyl sites for hydroxylation is 1. The Morgan fingerprint density at radius 3 is 2.88 bits per heavy atom. The van der Waals surface area contributed by atoms with Crippen LogP contribution in [0, 0.1) is 0 Å². The number of anilines is 1. The molecule has 0 bridgehead atoms. The van der Waals surface area contributed by atoms with Crippen LogP contribution in [0.15, 0.2) is 52.1 Å². The fourth-order valence-corrected chi connectivity index (χ4v) is 3.98. The number of imidazole rings is 1. The minimum Gasteiger partial charge on any atom is -0.324 e. The van der Waals surface area contributed by atoms with E-state index in [1.54, 1.807) is 12.1 Å². The molecule has 1 amide bonds. The fraction of sp³-hybridized carbons (Fsp3) is 0.176. The van der Waals surface area contributed by atoms with Gasteiger partial charge in [0.05, 0.1) is 27.5 Å². The van der Waals surface area contributed by atoms with Gasteiger partial charge in [0.2, 0.25) is 5.91 Å². The van der Waals surface area contributed by atoms with Crippen LogP contribution in [0.4, 0.5) is 5.69 Å². The van der Waals surface area contributed by atoms with Crippen LogP contribution in [-0.2, 0) is 11.3 Å². The quantitative estimate of drug-likeness (QED) is 0.572. The highest BCUT2D eigenvalue weighted by Gasteiger charge is 2.12. The van der Waals surface area contributed by atoms with Gasteiger partial charge in [-0.2, -0.15) is 0 Å². The zero-order chi connectivity index (χ0) is 17.1. The van der Waals surface area contributed by atoms with Crippen LogP contribution in [0.3, 0.4) is 0 Å². The Morgan fingerprint density at radius 1 is 1.33 bits per heavy atom. The van der Waals surface area contributed by atoms with E-state index in [0.717, 1.165) is 27.2 Å². The zero-order valence-corrected chi connectivity index (χ0v) is 16.1. The molecule has 0 saturated heterocycles. The number of carbonyl (C=O) groups excluding carboxylic acids is 1. The molecule has 0 aliphatic carbocycles. The van der Waals surface area contributed by atoms with Crippen molar-refractivity contribution in [2.45, 2.75) is 18.6 Å². The van der Waals surface area contributed by atoms with Gasteiger partial charge in [-0.1, -0.05) is 51.4 Å². The number of benzene rings is 2. The number of rotatable bonds is 5. The minimum atomic E-state index is -0.112. The summed E-state index contributed by atoms with van der Waals surface area (Å²) in [5.74, 6) is 0.161. The van der Waals surface area contributed by atoms with Crippen LogP contribution in [0.1, 0.15) is 6.92 Å². The molecule has 0 aliphatic heterocycles. The van der Waals surface area contributed by atoms with Crippen LogP contribution in [0.25, 0.3) is 11.0 Å². The van der Waals surface area contributed by atoms with Gasteiger partial charge in [-0.15, -0.1) is 0 Å². The molecule has 0 radical (unpaired) electrons. The van der Waals surface area contributed by atoms with Crippen LogP contribution in [-0.4, -0.2) is 21.2 Å². The second-order valence-electron chi connectivity index (χ2n) is 5.09. The van der Waals surface area contributed by atoms with Crippen LogP contribution in [0.5, 0.6) is 0 Å². The first-order valence-corrected chi connectivity index (χ1v) is 9.57. The summed E-state index contributed by atoms with van der Waals surface area (Å²) >= 11 is 10.9. The fourth-order valence-electron chi connectivity index (χ4n) is 2.38. The van der Waals surface area contributed by atoms with E-state index in [-0.39, 0.29) is 11.7 Å². The first-order valence-electron chi connectivity index (χ1n) is 7.41. The number of hydrogen-bond acceptors (Lipinski definition) is 3. The number of aromatic nitrogens is 2. The third-order valence-electron chi connectivity index (χ3n) is 3.47. The van der Waals surface area contributed by atoms with E-state index in [9.17, 15) is 4.79 Å². The summed E-state index contributed by atoms with van der Waals surface area (Å²) in [6, 6.07) is 13.3. The van der Waals surface area contributed by atoms with E-state index in [2.05, 4.69) is 37.7 Å². The molecule has 3 aromatic rings. The first kappa shape index (κ1) is 17.3. The van der Waals surface area contributed by atoms with Crippen molar-refractivity contribution >= 4 is 61.9 Å². The maximum absolute atomic E-state index is 12.2. The third kappa shape index (κ3) is 3.77. The summed E-state index contributed by atoms with van der Waals surface area (Å²) in [7, 11) is 0. The van der Waals surface area contributed by atoms with Gasteiger partial charge in [0.25, 0.3) is 0 Å². The predicted octanol–water partition coefficient (Wildman–Crippen LogP) is 5.20. The highest BCUT2D eigenvalue weighted by Crippen LogP contribution is 2.27. The maximum atomic E-state index is 12.2. The monoisotopic (exact) mass is 423 g/mol. The Hall–Kier alpha value is -1.50. The summed E-state index contributed by atoms with van der Waals surface area (Å²) in [5, 5.41) is 4.18. The van der Waals surface area contributed by atoms with E-state index < -0.39 is 0 Å². The molecule has 1 heterocycles. The zero-order valence-electron chi connectivity index (χ0n) is 12.9. The summed E-state index contributed by atoms with van der Waals surface area (Å²) in [6.45, 7) is 2.88. The average molecular weight is 425 g/mol. The Labute approximate surface area is 157 Å². The van der Waals surface area contributed by atoms with Gasteiger partial charge in [-0.25, -0.2) is 4.98 Å². The lowest BCUT2D eigenvalue weighted by Crippen LogP contribution is -2.14. The molecule has 1 N–H and O–H groups in total. The van der Waals surface area contributed by atoms with Crippen molar-refractivity contribution in [3.63, 3.8) is 0 Å². The molecular formula is C17H15BrClN3OS. The molecule has 1 aromatic heterocycles. The first-order chi connectivity index (χ1) is 11.6. The molecule has 124 valence electrons. The smallest absolute Gasteiger partial charge is 0.234 e. The number of para-hydroxylation sites is 2. The molecule has 4 nitrogen and oxygen atoms in total. The number of hydrogen-bond donors (Lipinski definition) is 1. The van der Waals surface area contributed by atoms with Crippen LogP contribution < -0.4 is 5.32 Å². The SMILES string of the molecule is CCn1c(SCC(=O)Nc2ccc(Br)cc2Cl)nc2ccccc21. The Bertz CT molecular complexity index is 897. The largest absolute Gasteiger partial charge is 0.324 e. The third-order valence-corrected chi connectivity index (χ3v) is 5.26. The molecule has 7 heteroatoms. The topological polar surface area (TPSA) is 46.9 Å². The van der Waals surface area contributed by atoms with E-state index >= 15 is 0 Å². The van der Waals surface area contributed by atoms with E-state index in [0.29, 0.717) is 10.7 Å². The second kappa shape index (κ2) is 7.59. The number of amides is 1. The average Bonchev–Trinajstić information content (AvgIpc) is 2.93. The van der Waals surface area contributed by atoms with Crippen LogP contribution >= 0.6 is 39.3 Å². The second-order valence-corrected chi connectivity index (χ2v) is 7.35. The lowest BCUT2D eigenvalue weighted by molar-refractivity contribution is -0.113. The summed E-state index contributed by atoms with van der Waals surface area (Å²) in [6.07, 6.45) is 0. The van der Waals surface area contributed by atoms with Gasteiger partial charge in [0, 0.05) is 11.0 Å². The predicted molar refractivity (Wildman–Crippen MR) is 104 cm³/mol. The summed E-state index contributed by atoms with van der Waals surface area (Å²) < 4.78 is 2.98. The van der Waals surface area contributed by atoms with Crippen molar-refractivity contribution in [3.05, 3.63) is 52.0 Å². The minimum absolute atomic E-state index is 0.112. The van der Waals surface area contributed by atoms with Crippen molar-refractivity contribution in [2.75, 3.05) is 11.1 Å². The lowest BCUT2D eigenvalue weighted by atomic mass is 10.3. The van der Waals surface area contributed by atoms with Gasteiger partial charge in [-0.3, -0.25) is 4.79 Å². The lowest BCUT2D eigenvalue weighted by Gasteiger charge is -2.08. The Balaban J connectivity index is 1.70. The number of fused-ring (bicyclic) bond motifs is 1. The molecule has 2 aromatic carbocycles. The van der Waals surface area contributed by atoms with Crippen molar-refractivity contribution in [1.29, 1.82) is 0 Å². The highest BCUT2D eigenvalue weighted by atomic mass is 79.9. The molecule has 0 saturated carbocycles. The molecule has 0 spiro atoms. The molecule has 3 rings (SSSR count). The van der Waals surface area contributed by atoms with Gasteiger partial charge in [0.1, 0.15) is 0 Å². The van der Waals surface area contributed by atoms with Gasteiger partial charge < -0.3 is 9.88 Å². The van der Waals surface area contributed by atoms with Crippen molar-refractivity contribution in [2.24, 2.45) is 0 Å². The molecule has 24 heavy (non-hydrogen) atoms. The van der Waals surface area contributed by atoms with E-state index in [1.807, 2.05) is 30.3 Å². The number of carbonyl (C=O) groups is 1. The van der Waals surface area contributed by atoms with E-state index in [1.165, 1.54) is 11.8 Å². The number of halogens is 2. The normalized spacial score (nSPS) is 11.0. The summed E-state index contributed by atoms with van der Waals surface area (Å²) in [4.78, 5) is 16.8. The Kier molecular flexibility index (Phi) is 5.48. The number of nitrogens with zero attached hydrogens (tertiary/aromatic N) is 2. The van der Waals surface area contributed by atoms with Crippen molar-refractivity contribution < 1.29 is 4.79 Å². The van der Waals surface area contributed by atoms with Gasteiger partial charge in [-0.05, 0) is 37.3 Å². The molecule has 0 atom stereocenters. The standard InChI is InChI=1S/C17H15BrClN3OS/c1-2-22-15-6-4-3-5-14(15)21-17(22)24-10-16(23)20-13-8-7-11(18)9-12(13)19/h3-9H,2,10H2,1H3,(H,20,23). The number of nitrogens with one attached hydrogen (secondary N) is 1. The van der Waals surface area contributed by atoms with Gasteiger partial charge in [0.15, 0.2) is 5.16 Å². The van der Waals surface area contributed by atoms with Gasteiger partial charge >= 0.3 is 0 Å². The molecule has 0 unspecified atom stereocenters. The molecule has 0 aliphatic rings. The Morgan fingerprint density at radius 2 is 2.12 bits per heavy atom. The number of thioether (sulfide) groups is 1. The summed E-state index contributed by atoms with van der Waals surface area (Å²) in [5.41, 5.74) is 2.63. The highest BCUT2D eigenvalue weighted by molar-refractivity contribution is 9.10. The maximum Gasteiger partial charge on any atom is 0.234 e. The van der Waals surface area contributed by atoms with Crippen molar-refractivity contribution in [1.82, 2.24) is 9.55 Å². The molecular weight excluding hydrogens is 410 g/mol. The van der Waals surface area contributed by atoms with E-state index in [4.69, 9.17) is 11.6 Å².